The number of hydrogen-bond donors (Lipinski definition) is 1. The van der Waals surface area contributed by atoms with Crippen molar-refractivity contribution < 1.29 is 9.47 Å². The van der Waals surface area contributed by atoms with Gasteiger partial charge >= 0.3 is 0 Å². The lowest BCUT2D eigenvalue weighted by molar-refractivity contribution is -0.0442. The molecule has 18 heavy (non-hydrogen) atoms. The van der Waals surface area contributed by atoms with Gasteiger partial charge in [0.2, 0.25) is 0 Å². The van der Waals surface area contributed by atoms with Gasteiger partial charge in [-0.3, -0.25) is 0 Å². The van der Waals surface area contributed by atoms with Crippen LogP contribution >= 0.6 is 11.6 Å². The zero-order chi connectivity index (χ0) is 13.2. The first kappa shape index (κ1) is 13.7. The lowest BCUT2D eigenvalue weighted by Gasteiger charge is -2.37. The monoisotopic (exact) mass is 269 g/mol. The molecular weight excluding hydrogens is 250 g/mol. The molecule has 0 amide bonds. The third-order valence-electron chi connectivity index (χ3n) is 3.71. The average molecular weight is 270 g/mol. The van der Waals surface area contributed by atoms with Crippen LogP contribution in [0.1, 0.15) is 18.9 Å². The van der Waals surface area contributed by atoms with Crippen molar-refractivity contribution in [2.75, 3.05) is 26.9 Å². The third-order valence-corrected chi connectivity index (χ3v) is 3.94. The van der Waals surface area contributed by atoms with Gasteiger partial charge in [0, 0.05) is 28.5 Å². The summed E-state index contributed by atoms with van der Waals surface area (Å²) in [6.07, 6.45) is 1.00. The van der Waals surface area contributed by atoms with E-state index in [4.69, 9.17) is 26.8 Å². The Morgan fingerprint density at radius 1 is 1.50 bits per heavy atom. The lowest BCUT2D eigenvalue weighted by atomic mass is 9.74. The molecule has 2 rings (SSSR count). The van der Waals surface area contributed by atoms with Crippen LogP contribution in [0.5, 0.6) is 5.75 Å². The Morgan fingerprint density at radius 3 is 2.72 bits per heavy atom. The normalized spacial score (nSPS) is 19.1. The average Bonchev–Trinajstić information content (AvgIpc) is 2.33. The Labute approximate surface area is 113 Å². The van der Waals surface area contributed by atoms with E-state index in [2.05, 4.69) is 6.92 Å². The number of hydrogen-bond acceptors (Lipinski definition) is 3. The van der Waals surface area contributed by atoms with Crippen molar-refractivity contribution in [2.45, 2.75) is 18.8 Å². The van der Waals surface area contributed by atoms with E-state index in [1.54, 1.807) is 7.11 Å². The predicted molar refractivity (Wildman–Crippen MR) is 73.3 cm³/mol. The van der Waals surface area contributed by atoms with Crippen LogP contribution < -0.4 is 10.5 Å². The Bertz CT molecular complexity index is 420. The lowest BCUT2D eigenvalue weighted by Crippen LogP contribution is -2.40. The van der Waals surface area contributed by atoms with E-state index in [0.717, 1.165) is 36.0 Å². The first-order chi connectivity index (χ1) is 8.59. The molecule has 1 heterocycles. The minimum atomic E-state index is -0.120. The summed E-state index contributed by atoms with van der Waals surface area (Å²) in [6, 6.07) is 5.71. The fraction of sp³-hybridized carbons (Fsp3) is 0.571. The molecule has 0 radical (unpaired) electrons. The second kappa shape index (κ2) is 5.47. The van der Waals surface area contributed by atoms with Crippen LogP contribution in [0, 0.1) is 5.92 Å². The summed E-state index contributed by atoms with van der Waals surface area (Å²) in [6.45, 7) is 4.40. The molecule has 3 nitrogen and oxygen atoms in total. The number of methoxy groups -OCH3 is 1. The van der Waals surface area contributed by atoms with Gasteiger partial charge in [-0.1, -0.05) is 18.5 Å². The van der Waals surface area contributed by atoms with Gasteiger partial charge in [0.1, 0.15) is 5.75 Å². The van der Waals surface area contributed by atoms with Crippen molar-refractivity contribution >= 4 is 11.6 Å². The van der Waals surface area contributed by atoms with Gasteiger partial charge in [-0.2, -0.15) is 0 Å². The number of nitrogens with two attached hydrogens (primary N) is 1. The molecule has 0 spiro atoms. The van der Waals surface area contributed by atoms with Crippen LogP contribution in [0.15, 0.2) is 18.2 Å². The maximum absolute atomic E-state index is 6.10. The van der Waals surface area contributed by atoms with Crippen molar-refractivity contribution in [3.8, 4) is 5.75 Å². The smallest absolute Gasteiger partial charge is 0.122 e. The minimum absolute atomic E-state index is 0.120. The highest BCUT2D eigenvalue weighted by atomic mass is 35.5. The number of ether oxygens (including phenoxy) is 2. The molecule has 1 aromatic carbocycles. The van der Waals surface area contributed by atoms with Crippen LogP contribution in [0.25, 0.3) is 0 Å². The van der Waals surface area contributed by atoms with Gasteiger partial charge in [-0.25, -0.2) is 0 Å². The fourth-order valence-electron chi connectivity index (χ4n) is 2.49. The van der Waals surface area contributed by atoms with E-state index in [0.29, 0.717) is 12.5 Å². The van der Waals surface area contributed by atoms with Crippen molar-refractivity contribution in [3.05, 3.63) is 28.8 Å². The third kappa shape index (κ3) is 2.63. The molecule has 0 bridgehead atoms. The molecule has 4 heteroatoms. The molecule has 0 aromatic heterocycles. The zero-order valence-corrected chi connectivity index (χ0v) is 11.7. The van der Waals surface area contributed by atoms with Crippen molar-refractivity contribution in [2.24, 2.45) is 11.7 Å². The van der Waals surface area contributed by atoms with E-state index in [1.165, 1.54) is 0 Å². The highest BCUT2D eigenvalue weighted by Crippen LogP contribution is 2.39. The van der Waals surface area contributed by atoms with Gasteiger partial charge in [0.05, 0.1) is 20.3 Å². The first-order valence-electron chi connectivity index (χ1n) is 6.21. The quantitative estimate of drug-likeness (QED) is 0.894. The molecule has 1 saturated heterocycles. The molecule has 0 aliphatic carbocycles. The van der Waals surface area contributed by atoms with Crippen LogP contribution in [0.2, 0.25) is 5.02 Å². The van der Waals surface area contributed by atoms with Gasteiger partial charge in [0.15, 0.2) is 0 Å². The molecule has 1 aromatic rings. The summed E-state index contributed by atoms with van der Waals surface area (Å²) in [5.74, 6) is 1.44. The van der Waals surface area contributed by atoms with E-state index in [-0.39, 0.29) is 5.41 Å². The van der Waals surface area contributed by atoms with E-state index >= 15 is 0 Å². The van der Waals surface area contributed by atoms with Crippen LogP contribution in [0.4, 0.5) is 0 Å². The molecule has 100 valence electrons. The second-order valence-electron chi connectivity index (χ2n) is 5.22. The number of halogens is 1. The Morgan fingerprint density at radius 2 is 2.22 bits per heavy atom. The zero-order valence-electron chi connectivity index (χ0n) is 10.9. The molecule has 1 unspecified atom stereocenters. The van der Waals surface area contributed by atoms with Crippen molar-refractivity contribution in [1.82, 2.24) is 0 Å². The van der Waals surface area contributed by atoms with E-state index < -0.39 is 0 Å². The van der Waals surface area contributed by atoms with E-state index in [1.807, 2.05) is 18.2 Å². The highest BCUT2D eigenvalue weighted by molar-refractivity contribution is 6.30. The van der Waals surface area contributed by atoms with Crippen LogP contribution in [0.3, 0.4) is 0 Å². The maximum atomic E-state index is 6.10. The van der Waals surface area contributed by atoms with Crippen LogP contribution in [-0.4, -0.2) is 26.9 Å². The standard InChI is InChI=1S/C14H20ClNO2/c1-14(9-16,6-10-7-18-8-10)12-5-11(15)3-4-13(12)17-2/h3-5,10H,6-9,16H2,1-2H3. The van der Waals surface area contributed by atoms with Gasteiger partial charge in [-0.05, 0) is 24.6 Å². The summed E-state index contributed by atoms with van der Waals surface area (Å²) < 4.78 is 10.7. The molecule has 1 atom stereocenters. The van der Waals surface area contributed by atoms with Gasteiger partial charge < -0.3 is 15.2 Å². The number of benzene rings is 1. The van der Waals surface area contributed by atoms with Gasteiger partial charge in [-0.15, -0.1) is 0 Å². The molecule has 0 saturated carbocycles. The molecule has 1 aliphatic rings. The Hall–Kier alpha value is -0.770. The topological polar surface area (TPSA) is 44.5 Å². The molecular formula is C14H20ClNO2. The van der Waals surface area contributed by atoms with Crippen LogP contribution in [-0.2, 0) is 10.2 Å². The SMILES string of the molecule is COc1ccc(Cl)cc1C(C)(CN)CC1COC1. The van der Waals surface area contributed by atoms with E-state index in [9.17, 15) is 0 Å². The summed E-state index contributed by atoms with van der Waals surface area (Å²) in [5, 5.41) is 0.718. The highest BCUT2D eigenvalue weighted by Gasteiger charge is 2.34. The molecule has 2 N–H and O–H groups in total. The summed E-state index contributed by atoms with van der Waals surface area (Å²) in [4.78, 5) is 0. The maximum Gasteiger partial charge on any atom is 0.122 e. The first-order valence-corrected chi connectivity index (χ1v) is 6.58. The fourth-order valence-corrected chi connectivity index (χ4v) is 2.67. The van der Waals surface area contributed by atoms with Crippen molar-refractivity contribution in [3.63, 3.8) is 0 Å². The summed E-state index contributed by atoms with van der Waals surface area (Å²) >= 11 is 6.10. The minimum Gasteiger partial charge on any atom is -0.496 e. The predicted octanol–water partition coefficient (Wildman–Crippen LogP) is 2.60. The second-order valence-corrected chi connectivity index (χ2v) is 5.65. The van der Waals surface area contributed by atoms with Gasteiger partial charge in [0.25, 0.3) is 0 Å². The molecule has 1 aliphatic heterocycles. The largest absolute Gasteiger partial charge is 0.496 e. The Kier molecular flexibility index (Phi) is 4.15. The summed E-state index contributed by atoms with van der Waals surface area (Å²) in [7, 11) is 1.68. The Balaban J connectivity index is 2.31. The van der Waals surface area contributed by atoms with Crippen molar-refractivity contribution in [1.29, 1.82) is 0 Å². The molecule has 1 fully saturated rings. The number of rotatable bonds is 5. The summed E-state index contributed by atoms with van der Waals surface area (Å²) in [5.41, 5.74) is 6.97.